The lowest BCUT2D eigenvalue weighted by Crippen LogP contribution is -2.38. The number of rotatable bonds is 8. The number of carbonyl (C=O) groups is 1. The lowest BCUT2D eigenvalue weighted by Gasteiger charge is -2.36. The zero-order chi connectivity index (χ0) is 24.1. The quantitative estimate of drug-likeness (QED) is 0.396. The Hall–Kier alpha value is -2.50. The van der Waals surface area contributed by atoms with Gasteiger partial charge in [0.1, 0.15) is 5.01 Å². The number of benzene rings is 2. The molecule has 0 aliphatic heterocycles. The molecule has 4 rings (SSSR count). The summed E-state index contributed by atoms with van der Waals surface area (Å²) in [5.74, 6) is 0.479. The summed E-state index contributed by atoms with van der Waals surface area (Å²) in [5, 5.41) is 6.15. The van der Waals surface area contributed by atoms with Crippen LogP contribution >= 0.6 is 11.3 Å². The largest absolute Gasteiger partial charge is 0.347 e. The van der Waals surface area contributed by atoms with Crippen LogP contribution in [0.25, 0.3) is 0 Å². The standard InChI is InChI=1S/C29H37N3OS/c1-21(28-30-18-19-34-28)31-27(33)26-13-9-8-12-25(26)23-16-14-22(15-17-23)20-32(4)29(2,3)24-10-6-5-7-11-24/h5-7,10-11,14-19,21,25-26H,8-9,12-13,20H2,1-4H3,(H,31,33)/t21?,25-,26+/m1/s1. The fraction of sp³-hybridized carbons (Fsp3) is 0.448. The Balaban J connectivity index is 1.42. The highest BCUT2D eigenvalue weighted by atomic mass is 32.1. The van der Waals surface area contributed by atoms with E-state index in [1.54, 1.807) is 17.5 Å². The van der Waals surface area contributed by atoms with Gasteiger partial charge in [-0.1, -0.05) is 67.4 Å². The van der Waals surface area contributed by atoms with Crippen molar-refractivity contribution in [2.75, 3.05) is 7.05 Å². The van der Waals surface area contributed by atoms with Crippen LogP contribution in [0.2, 0.25) is 0 Å². The van der Waals surface area contributed by atoms with Gasteiger partial charge < -0.3 is 5.32 Å². The van der Waals surface area contributed by atoms with Gasteiger partial charge in [-0.15, -0.1) is 11.3 Å². The van der Waals surface area contributed by atoms with Gasteiger partial charge in [0, 0.05) is 29.6 Å². The normalized spacial score (nSPS) is 19.7. The number of aromatic nitrogens is 1. The van der Waals surface area contributed by atoms with Crippen molar-refractivity contribution in [2.45, 2.75) is 70.5 Å². The zero-order valence-corrected chi connectivity index (χ0v) is 21.6. The van der Waals surface area contributed by atoms with Gasteiger partial charge in [-0.25, -0.2) is 4.98 Å². The lowest BCUT2D eigenvalue weighted by molar-refractivity contribution is -0.127. The zero-order valence-electron chi connectivity index (χ0n) is 20.8. The molecule has 5 heteroatoms. The van der Waals surface area contributed by atoms with Crippen molar-refractivity contribution in [3.8, 4) is 0 Å². The topological polar surface area (TPSA) is 45.2 Å². The first-order chi connectivity index (χ1) is 16.4. The van der Waals surface area contributed by atoms with Crippen molar-refractivity contribution in [1.82, 2.24) is 15.2 Å². The third kappa shape index (κ3) is 5.59. The van der Waals surface area contributed by atoms with Crippen LogP contribution in [0.15, 0.2) is 66.2 Å². The Bertz CT molecular complexity index is 1050. The second kappa shape index (κ2) is 10.8. The molecule has 0 radical (unpaired) electrons. The number of nitrogens with one attached hydrogen (secondary N) is 1. The SMILES string of the molecule is CC(NC(=O)[C@H]1CCCC[C@@H]1c1ccc(CN(C)C(C)(C)c2ccccc2)cc1)c1nccs1. The van der Waals surface area contributed by atoms with E-state index in [4.69, 9.17) is 0 Å². The maximum absolute atomic E-state index is 13.2. The molecule has 1 unspecified atom stereocenters. The second-order valence-electron chi connectivity index (χ2n) is 10.1. The molecule has 1 aliphatic rings. The Morgan fingerprint density at radius 3 is 2.50 bits per heavy atom. The van der Waals surface area contributed by atoms with Gasteiger partial charge in [-0.3, -0.25) is 9.69 Å². The molecule has 1 saturated carbocycles. The minimum atomic E-state index is -0.0550. The minimum absolute atomic E-state index is 0.0294. The highest BCUT2D eigenvalue weighted by Crippen LogP contribution is 2.38. The molecule has 0 bridgehead atoms. The molecule has 1 aromatic heterocycles. The summed E-state index contributed by atoms with van der Waals surface area (Å²) >= 11 is 1.59. The highest BCUT2D eigenvalue weighted by molar-refractivity contribution is 7.09. The smallest absolute Gasteiger partial charge is 0.224 e. The summed E-state index contributed by atoms with van der Waals surface area (Å²) in [4.78, 5) is 20.0. The summed E-state index contributed by atoms with van der Waals surface area (Å²) < 4.78 is 0. The molecule has 1 fully saturated rings. The van der Waals surface area contributed by atoms with Crippen LogP contribution in [0, 0.1) is 5.92 Å². The van der Waals surface area contributed by atoms with Crippen LogP contribution in [0.5, 0.6) is 0 Å². The number of nitrogens with zero attached hydrogens (tertiary/aromatic N) is 2. The highest BCUT2D eigenvalue weighted by Gasteiger charge is 2.33. The van der Waals surface area contributed by atoms with Crippen LogP contribution in [0.3, 0.4) is 0 Å². The number of thiazole rings is 1. The predicted molar refractivity (Wildman–Crippen MR) is 141 cm³/mol. The molecule has 1 aliphatic carbocycles. The van der Waals surface area contributed by atoms with E-state index in [0.29, 0.717) is 0 Å². The summed E-state index contributed by atoms with van der Waals surface area (Å²) in [5.41, 5.74) is 3.85. The molecular weight excluding hydrogens is 438 g/mol. The van der Waals surface area contributed by atoms with Crippen LogP contribution in [-0.2, 0) is 16.9 Å². The Kier molecular flexibility index (Phi) is 7.84. The third-order valence-electron chi connectivity index (χ3n) is 7.55. The molecule has 1 amide bonds. The Morgan fingerprint density at radius 1 is 1.12 bits per heavy atom. The van der Waals surface area contributed by atoms with Crippen molar-refractivity contribution in [2.24, 2.45) is 5.92 Å². The van der Waals surface area contributed by atoms with Crippen molar-refractivity contribution >= 4 is 17.2 Å². The maximum atomic E-state index is 13.2. The van der Waals surface area contributed by atoms with E-state index in [2.05, 4.69) is 90.7 Å². The fourth-order valence-electron chi connectivity index (χ4n) is 5.08. The monoisotopic (exact) mass is 475 g/mol. The van der Waals surface area contributed by atoms with E-state index >= 15 is 0 Å². The third-order valence-corrected chi connectivity index (χ3v) is 8.50. The van der Waals surface area contributed by atoms with Gasteiger partial charge in [0.25, 0.3) is 0 Å². The molecule has 180 valence electrons. The molecule has 2 aromatic carbocycles. The lowest BCUT2D eigenvalue weighted by atomic mass is 9.75. The van der Waals surface area contributed by atoms with Gasteiger partial charge in [-0.05, 0) is 63.3 Å². The predicted octanol–water partition coefficient (Wildman–Crippen LogP) is 6.66. The maximum Gasteiger partial charge on any atom is 0.224 e. The van der Waals surface area contributed by atoms with Crippen molar-refractivity contribution < 1.29 is 4.79 Å². The van der Waals surface area contributed by atoms with Crippen molar-refractivity contribution in [3.63, 3.8) is 0 Å². The van der Waals surface area contributed by atoms with E-state index < -0.39 is 0 Å². The van der Waals surface area contributed by atoms with Crippen LogP contribution in [0.4, 0.5) is 0 Å². The summed E-state index contributed by atoms with van der Waals surface area (Å²) in [7, 11) is 2.19. The van der Waals surface area contributed by atoms with E-state index in [0.717, 1.165) is 30.8 Å². The van der Waals surface area contributed by atoms with Gasteiger partial charge in [0.05, 0.1) is 6.04 Å². The molecule has 3 atom stereocenters. The van der Waals surface area contributed by atoms with E-state index in [1.165, 1.54) is 23.1 Å². The number of carbonyl (C=O) groups excluding carboxylic acids is 1. The molecular formula is C29H37N3OS. The fourth-order valence-corrected chi connectivity index (χ4v) is 5.73. The second-order valence-corrected chi connectivity index (χ2v) is 11.0. The first-order valence-corrected chi connectivity index (χ1v) is 13.3. The summed E-state index contributed by atoms with van der Waals surface area (Å²) in [6, 6.07) is 19.6. The van der Waals surface area contributed by atoms with E-state index in [1.807, 2.05) is 12.3 Å². The first kappa shape index (κ1) is 24.6. The van der Waals surface area contributed by atoms with Gasteiger partial charge in [0.2, 0.25) is 5.91 Å². The average Bonchev–Trinajstić information content (AvgIpc) is 3.40. The van der Waals surface area contributed by atoms with Gasteiger partial charge in [0.15, 0.2) is 0 Å². The van der Waals surface area contributed by atoms with Gasteiger partial charge in [-0.2, -0.15) is 0 Å². The molecule has 0 saturated heterocycles. The molecule has 0 spiro atoms. The molecule has 1 N–H and O–H groups in total. The molecule has 3 aromatic rings. The molecule has 4 nitrogen and oxygen atoms in total. The number of hydrogen-bond donors (Lipinski definition) is 1. The van der Waals surface area contributed by atoms with Crippen LogP contribution < -0.4 is 5.32 Å². The minimum Gasteiger partial charge on any atom is -0.347 e. The molecule has 34 heavy (non-hydrogen) atoms. The summed E-state index contributed by atoms with van der Waals surface area (Å²) in [6.45, 7) is 7.45. The Labute approximate surface area is 208 Å². The molecule has 1 heterocycles. The van der Waals surface area contributed by atoms with Crippen molar-refractivity contribution in [1.29, 1.82) is 0 Å². The first-order valence-electron chi connectivity index (χ1n) is 12.4. The number of amides is 1. The van der Waals surface area contributed by atoms with Crippen LogP contribution in [0.1, 0.15) is 80.1 Å². The summed E-state index contributed by atoms with van der Waals surface area (Å²) in [6.07, 6.45) is 6.14. The average molecular weight is 476 g/mol. The van der Waals surface area contributed by atoms with E-state index in [9.17, 15) is 4.79 Å². The van der Waals surface area contributed by atoms with Crippen molar-refractivity contribution in [3.05, 3.63) is 87.9 Å². The Morgan fingerprint density at radius 2 is 1.82 bits per heavy atom. The number of hydrogen-bond acceptors (Lipinski definition) is 4. The van der Waals surface area contributed by atoms with Gasteiger partial charge >= 0.3 is 0 Å². The van der Waals surface area contributed by atoms with Crippen LogP contribution in [-0.4, -0.2) is 22.8 Å². The van der Waals surface area contributed by atoms with E-state index in [-0.39, 0.29) is 29.3 Å².